The smallest absolute Gasteiger partial charge is 0.220 e. The van der Waals surface area contributed by atoms with E-state index in [9.17, 15) is 4.79 Å². The van der Waals surface area contributed by atoms with Gasteiger partial charge in [0, 0.05) is 13.0 Å². The van der Waals surface area contributed by atoms with E-state index in [2.05, 4.69) is 5.32 Å². The molecule has 0 atom stereocenters. The number of carbonyl (C=O) groups is 1. The third-order valence-electron chi connectivity index (χ3n) is 2.96. The van der Waals surface area contributed by atoms with Gasteiger partial charge in [-0.2, -0.15) is 0 Å². The van der Waals surface area contributed by atoms with Crippen LogP contribution in [0.5, 0.6) is 0 Å². The van der Waals surface area contributed by atoms with Crippen molar-refractivity contribution >= 4 is 5.91 Å². The first-order valence-corrected chi connectivity index (χ1v) is 5.79. The highest BCUT2D eigenvalue weighted by molar-refractivity contribution is 5.75. The van der Waals surface area contributed by atoms with E-state index in [1.54, 1.807) is 0 Å². The standard InChI is InChI=1S/C11H22N2O/c12-8-3-9-13-11(14)7-6-10-4-1-2-5-10/h10H,1-9,12H2,(H,13,14). The normalized spacial score (nSPS) is 17.2. The largest absolute Gasteiger partial charge is 0.356 e. The van der Waals surface area contributed by atoms with Crippen molar-refractivity contribution in [1.82, 2.24) is 5.32 Å². The number of carbonyl (C=O) groups excluding carboxylic acids is 1. The molecule has 3 N–H and O–H groups in total. The third kappa shape index (κ3) is 4.61. The molecule has 0 saturated heterocycles. The molecule has 0 heterocycles. The highest BCUT2D eigenvalue weighted by atomic mass is 16.1. The summed E-state index contributed by atoms with van der Waals surface area (Å²) in [5.74, 6) is 1.01. The molecule has 0 spiro atoms. The lowest BCUT2D eigenvalue weighted by atomic mass is 10.0. The van der Waals surface area contributed by atoms with Gasteiger partial charge in [-0.1, -0.05) is 25.7 Å². The van der Waals surface area contributed by atoms with Gasteiger partial charge in [0.15, 0.2) is 0 Å². The average molecular weight is 198 g/mol. The summed E-state index contributed by atoms with van der Waals surface area (Å²) in [4.78, 5) is 11.3. The Hall–Kier alpha value is -0.570. The lowest BCUT2D eigenvalue weighted by Gasteiger charge is -2.08. The number of hydrogen-bond donors (Lipinski definition) is 2. The van der Waals surface area contributed by atoms with Gasteiger partial charge in [-0.05, 0) is 25.3 Å². The number of amides is 1. The Morgan fingerprint density at radius 2 is 2.07 bits per heavy atom. The average Bonchev–Trinajstić information content (AvgIpc) is 2.68. The van der Waals surface area contributed by atoms with Gasteiger partial charge in [0.2, 0.25) is 5.91 Å². The SMILES string of the molecule is NCCCNC(=O)CCC1CCCC1. The van der Waals surface area contributed by atoms with Crippen LogP contribution in [0.25, 0.3) is 0 Å². The first-order valence-electron chi connectivity index (χ1n) is 5.79. The fourth-order valence-corrected chi connectivity index (χ4v) is 2.05. The van der Waals surface area contributed by atoms with E-state index in [1.165, 1.54) is 25.7 Å². The fraction of sp³-hybridized carbons (Fsp3) is 0.909. The minimum atomic E-state index is 0.199. The van der Waals surface area contributed by atoms with E-state index in [0.29, 0.717) is 13.0 Å². The molecule has 0 aromatic carbocycles. The second kappa shape index (κ2) is 6.82. The van der Waals surface area contributed by atoms with Gasteiger partial charge in [0.1, 0.15) is 0 Å². The second-order valence-corrected chi connectivity index (χ2v) is 4.18. The van der Waals surface area contributed by atoms with Gasteiger partial charge in [-0.3, -0.25) is 4.79 Å². The van der Waals surface area contributed by atoms with E-state index < -0.39 is 0 Å². The molecule has 1 rings (SSSR count). The van der Waals surface area contributed by atoms with Crippen molar-refractivity contribution in [1.29, 1.82) is 0 Å². The highest BCUT2D eigenvalue weighted by Gasteiger charge is 2.15. The van der Waals surface area contributed by atoms with Crippen LogP contribution in [-0.4, -0.2) is 19.0 Å². The Morgan fingerprint density at radius 1 is 1.36 bits per heavy atom. The van der Waals surface area contributed by atoms with Crippen LogP contribution in [0.3, 0.4) is 0 Å². The van der Waals surface area contributed by atoms with Crippen molar-refractivity contribution in [3.8, 4) is 0 Å². The second-order valence-electron chi connectivity index (χ2n) is 4.18. The van der Waals surface area contributed by atoms with Gasteiger partial charge in [-0.15, -0.1) is 0 Å². The molecule has 1 amide bonds. The molecule has 0 aliphatic heterocycles. The molecule has 82 valence electrons. The van der Waals surface area contributed by atoms with Crippen LogP contribution in [0, 0.1) is 5.92 Å². The first kappa shape index (κ1) is 11.5. The van der Waals surface area contributed by atoms with Crippen LogP contribution in [0.2, 0.25) is 0 Å². The van der Waals surface area contributed by atoms with Crippen molar-refractivity contribution in [3.05, 3.63) is 0 Å². The number of hydrogen-bond acceptors (Lipinski definition) is 2. The third-order valence-corrected chi connectivity index (χ3v) is 2.96. The molecule has 1 aliphatic carbocycles. The van der Waals surface area contributed by atoms with Crippen molar-refractivity contribution in [2.75, 3.05) is 13.1 Å². The summed E-state index contributed by atoms with van der Waals surface area (Å²) in [6, 6.07) is 0. The van der Waals surface area contributed by atoms with Gasteiger partial charge < -0.3 is 11.1 Å². The molecule has 1 fully saturated rings. The van der Waals surface area contributed by atoms with Gasteiger partial charge in [0.25, 0.3) is 0 Å². The van der Waals surface area contributed by atoms with Crippen LogP contribution in [0.15, 0.2) is 0 Å². The topological polar surface area (TPSA) is 55.1 Å². The number of nitrogens with one attached hydrogen (secondary N) is 1. The molecule has 3 heteroatoms. The molecule has 1 aliphatic rings. The molecular weight excluding hydrogens is 176 g/mol. The van der Waals surface area contributed by atoms with Crippen LogP contribution in [0.4, 0.5) is 0 Å². The molecule has 0 aromatic rings. The fourth-order valence-electron chi connectivity index (χ4n) is 2.05. The Kier molecular flexibility index (Phi) is 5.60. The van der Waals surface area contributed by atoms with Gasteiger partial charge in [0.05, 0.1) is 0 Å². The Morgan fingerprint density at radius 3 is 2.71 bits per heavy atom. The zero-order chi connectivity index (χ0) is 10.2. The molecule has 3 nitrogen and oxygen atoms in total. The minimum absolute atomic E-state index is 0.199. The van der Waals surface area contributed by atoms with E-state index in [0.717, 1.165) is 25.3 Å². The zero-order valence-corrected chi connectivity index (χ0v) is 8.93. The summed E-state index contributed by atoms with van der Waals surface area (Å²) in [6.45, 7) is 1.39. The minimum Gasteiger partial charge on any atom is -0.356 e. The molecule has 0 radical (unpaired) electrons. The molecule has 1 saturated carbocycles. The predicted molar refractivity (Wildman–Crippen MR) is 57.9 cm³/mol. The van der Waals surface area contributed by atoms with E-state index in [4.69, 9.17) is 5.73 Å². The summed E-state index contributed by atoms with van der Waals surface area (Å²) in [5.41, 5.74) is 5.34. The van der Waals surface area contributed by atoms with Crippen molar-refractivity contribution in [2.45, 2.75) is 44.9 Å². The summed E-state index contributed by atoms with van der Waals surface area (Å²) >= 11 is 0. The van der Waals surface area contributed by atoms with E-state index in [-0.39, 0.29) is 5.91 Å². The van der Waals surface area contributed by atoms with E-state index >= 15 is 0 Å². The maximum Gasteiger partial charge on any atom is 0.220 e. The van der Waals surface area contributed by atoms with Crippen LogP contribution < -0.4 is 11.1 Å². The number of nitrogens with two attached hydrogens (primary N) is 1. The molecular formula is C11H22N2O. The molecule has 14 heavy (non-hydrogen) atoms. The molecule has 0 unspecified atom stereocenters. The Balaban J connectivity index is 1.96. The summed E-state index contributed by atoms with van der Waals surface area (Å²) < 4.78 is 0. The summed E-state index contributed by atoms with van der Waals surface area (Å²) in [7, 11) is 0. The number of rotatable bonds is 6. The van der Waals surface area contributed by atoms with Crippen molar-refractivity contribution in [2.24, 2.45) is 11.7 Å². The Labute approximate surface area is 86.4 Å². The van der Waals surface area contributed by atoms with Crippen molar-refractivity contribution in [3.63, 3.8) is 0 Å². The zero-order valence-electron chi connectivity index (χ0n) is 8.93. The van der Waals surface area contributed by atoms with Crippen molar-refractivity contribution < 1.29 is 4.79 Å². The van der Waals surface area contributed by atoms with Crippen LogP contribution in [-0.2, 0) is 4.79 Å². The maximum atomic E-state index is 11.3. The van der Waals surface area contributed by atoms with E-state index in [1.807, 2.05) is 0 Å². The molecule has 0 bridgehead atoms. The summed E-state index contributed by atoms with van der Waals surface area (Å²) in [6.07, 6.45) is 8.05. The molecule has 0 aromatic heterocycles. The van der Waals surface area contributed by atoms with Crippen LogP contribution >= 0.6 is 0 Å². The lowest BCUT2D eigenvalue weighted by Crippen LogP contribution is -2.26. The van der Waals surface area contributed by atoms with Gasteiger partial charge >= 0.3 is 0 Å². The Bertz CT molecular complexity index is 165. The predicted octanol–water partition coefficient (Wildman–Crippen LogP) is 1.42. The quantitative estimate of drug-likeness (QED) is 0.634. The monoisotopic (exact) mass is 198 g/mol. The highest BCUT2D eigenvalue weighted by Crippen LogP contribution is 2.28. The summed E-state index contributed by atoms with van der Waals surface area (Å²) in [5, 5.41) is 2.89. The lowest BCUT2D eigenvalue weighted by molar-refractivity contribution is -0.121. The van der Waals surface area contributed by atoms with Crippen LogP contribution in [0.1, 0.15) is 44.9 Å². The maximum absolute atomic E-state index is 11.3. The van der Waals surface area contributed by atoms with Gasteiger partial charge in [-0.25, -0.2) is 0 Å². The first-order chi connectivity index (χ1) is 6.83.